The number of ether oxygens (including phenoxy) is 1. The van der Waals surface area contributed by atoms with Crippen LogP contribution in [0.15, 0.2) is 18.2 Å². The lowest BCUT2D eigenvalue weighted by Crippen LogP contribution is -2.48. The van der Waals surface area contributed by atoms with E-state index in [4.69, 9.17) is 0 Å². The minimum absolute atomic E-state index is 0.414. The zero-order chi connectivity index (χ0) is 14.6. The van der Waals surface area contributed by atoms with Gasteiger partial charge in [0.2, 0.25) is 0 Å². The lowest BCUT2D eigenvalue weighted by atomic mass is 10.1. The van der Waals surface area contributed by atoms with Crippen LogP contribution in [0.25, 0.3) is 0 Å². The van der Waals surface area contributed by atoms with Gasteiger partial charge in [0.05, 0.1) is 13.2 Å². The predicted molar refractivity (Wildman–Crippen MR) is 70.9 cm³/mol. The van der Waals surface area contributed by atoms with Crippen LogP contribution in [0.1, 0.15) is 28.4 Å². The summed E-state index contributed by atoms with van der Waals surface area (Å²) in [6.07, 6.45) is -1.03. The molecular weight excluding hydrogens is 246 g/mol. The highest BCUT2D eigenvalue weighted by atomic mass is 16.5. The number of nitrogens with one attached hydrogen (secondary N) is 1. The van der Waals surface area contributed by atoms with Crippen LogP contribution in [0.5, 0.6) is 0 Å². The van der Waals surface area contributed by atoms with E-state index in [1.165, 1.54) is 14.0 Å². The standard InChI is InChI=1S/C14H19NO4/c1-8-5-9(2)7-11(6-8)13(17)15-12(10(3)16)14(18)19-4/h5-7,10,12,16H,1-4H3,(H,15,17)/t10-,12+/m1/s1. The molecule has 1 rings (SSSR count). The van der Waals surface area contributed by atoms with Crippen molar-refractivity contribution in [3.05, 3.63) is 34.9 Å². The molecule has 5 nitrogen and oxygen atoms in total. The van der Waals surface area contributed by atoms with E-state index in [1.807, 2.05) is 19.9 Å². The monoisotopic (exact) mass is 265 g/mol. The number of aliphatic hydroxyl groups is 1. The Balaban J connectivity index is 2.90. The van der Waals surface area contributed by atoms with E-state index in [0.29, 0.717) is 5.56 Å². The molecule has 2 atom stereocenters. The molecule has 0 saturated heterocycles. The topological polar surface area (TPSA) is 75.6 Å². The number of carbonyl (C=O) groups excluding carboxylic acids is 2. The first-order valence-corrected chi connectivity index (χ1v) is 6.00. The average Bonchev–Trinajstić information content (AvgIpc) is 2.33. The second-order valence-corrected chi connectivity index (χ2v) is 4.59. The first kappa shape index (κ1) is 15.2. The summed E-state index contributed by atoms with van der Waals surface area (Å²) in [5, 5.41) is 12.0. The lowest BCUT2D eigenvalue weighted by molar-refractivity contribution is -0.145. The van der Waals surface area contributed by atoms with E-state index < -0.39 is 24.0 Å². The molecule has 5 heteroatoms. The maximum atomic E-state index is 12.1. The second-order valence-electron chi connectivity index (χ2n) is 4.59. The summed E-state index contributed by atoms with van der Waals surface area (Å²) in [5.41, 5.74) is 2.36. The van der Waals surface area contributed by atoms with Crippen LogP contribution >= 0.6 is 0 Å². The Hall–Kier alpha value is -1.88. The summed E-state index contributed by atoms with van der Waals surface area (Å²) in [5.74, 6) is -1.09. The largest absolute Gasteiger partial charge is 0.467 e. The molecule has 0 unspecified atom stereocenters. The number of aliphatic hydroxyl groups excluding tert-OH is 1. The van der Waals surface area contributed by atoms with Gasteiger partial charge in [0.25, 0.3) is 5.91 Å². The van der Waals surface area contributed by atoms with E-state index >= 15 is 0 Å². The number of amides is 1. The number of aryl methyl sites for hydroxylation is 2. The molecule has 0 fully saturated rings. The summed E-state index contributed by atoms with van der Waals surface area (Å²) in [4.78, 5) is 23.5. The normalized spacial score (nSPS) is 13.5. The molecule has 0 aliphatic carbocycles. The molecule has 19 heavy (non-hydrogen) atoms. The third kappa shape index (κ3) is 4.06. The second kappa shape index (κ2) is 6.33. The van der Waals surface area contributed by atoms with E-state index in [0.717, 1.165) is 11.1 Å². The number of carbonyl (C=O) groups is 2. The highest BCUT2D eigenvalue weighted by molar-refractivity contribution is 5.97. The molecule has 104 valence electrons. The van der Waals surface area contributed by atoms with Crippen molar-refractivity contribution in [2.24, 2.45) is 0 Å². The number of esters is 1. The van der Waals surface area contributed by atoms with Gasteiger partial charge in [-0.05, 0) is 32.9 Å². The Labute approximate surface area is 112 Å². The maximum absolute atomic E-state index is 12.1. The van der Waals surface area contributed by atoms with Gasteiger partial charge >= 0.3 is 5.97 Å². The molecule has 0 bridgehead atoms. The minimum Gasteiger partial charge on any atom is -0.467 e. The highest BCUT2D eigenvalue weighted by Crippen LogP contribution is 2.09. The van der Waals surface area contributed by atoms with Crippen molar-refractivity contribution in [1.29, 1.82) is 0 Å². The maximum Gasteiger partial charge on any atom is 0.331 e. The van der Waals surface area contributed by atoms with E-state index in [9.17, 15) is 14.7 Å². The fraction of sp³-hybridized carbons (Fsp3) is 0.429. The number of methoxy groups -OCH3 is 1. The van der Waals surface area contributed by atoms with E-state index in [2.05, 4.69) is 10.1 Å². The van der Waals surface area contributed by atoms with Crippen LogP contribution < -0.4 is 5.32 Å². The zero-order valence-corrected chi connectivity index (χ0v) is 11.6. The fourth-order valence-electron chi connectivity index (χ4n) is 1.83. The Kier molecular flexibility index (Phi) is 5.06. The summed E-state index contributed by atoms with van der Waals surface area (Å²) in [6.45, 7) is 5.19. The van der Waals surface area contributed by atoms with Crippen molar-refractivity contribution in [3.63, 3.8) is 0 Å². The molecular formula is C14H19NO4. The SMILES string of the molecule is COC(=O)[C@@H](NC(=O)c1cc(C)cc(C)c1)[C@@H](C)O. The van der Waals surface area contributed by atoms with Gasteiger partial charge in [0.1, 0.15) is 0 Å². The van der Waals surface area contributed by atoms with E-state index in [1.54, 1.807) is 12.1 Å². The molecule has 0 aromatic heterocycles. The molecule has 0 spiro atoms. The van der Waals surface area contributed by atoms with Crippen molar-refractivity contribution in [1.82, 2.24) is 5.32 Å². The van der Waals surface area contributed by atoms with Gasteiger partial charge in [-0.3, -0.25) is 4.79 Å². The molecule has 2 N–H and O–H groups in total. The Morgan fingerprint density at radius 1 is 1.21 bits per heavy atom. The van der Waals surface area contributed by atoms with Crippen molar-refractivity contribution < 1.29 is 19.4 Å². The van der Waals surface area contributed by atoms with Gasteiger partial charge in [-0.25, -0.2) is 4.79 Å². The number of rotatable bonds is 4. The molecule has 0 aliphatic rings. The third-order valence-corrected chi connectivity index (χ3v) is 2.71. The summed E-state index contributed by atoms with van der Waals surface area (Å²) >= 11 is 0. The summed E-state index contributed by atoms with van der Waals surface area (Å²) in [7, 11) is 1.21. The quantitative estimate of drug-likeness (QED) is 0.795. The predicted octanol–water partition coefficient (Wildman–Crippen LogP) is 0.956. The lowest BCUT2D eigenvalue weighted by Gasteiger charge is -2.19. The molecule has 0 heterocycles. The zero-order valence-electron chi connectivity index (χ0n) is 11.6. The highest BCUT2D eigenvalue weighted by Gasteiger charge is 2.26. The molecule has 1 aromatic rings. The molecule has 1 aromatic carbocycles. The van der Waals surface area contributed by atoms with Gasteiger partial charge in [-0.15, -0.1) is 0 Å². The molecule has 0 saturated carbocycles. The smallest absolute Gasteiger partial charge is 0.331 e. The summed E-state index contributed by atoms with van der Waals surface area (Å²) < 4.78 is 4.54. The van der Waals surface area contributed by atoms with Gasteiger partial charge in [0, 0.05) is 5.56 Å². The Morgan fingerprint density at radius 2 is 1.74 bits per heavy atom. The van der Waals surface area contributed by atoms with Crippen LogP contribution in [-0.4, -0.2) is 36.2 Å². The fourth-order valence-corrected chi connectivity index (χ4v) is 1.83. The van der Waals surface area contributed by atoms with Gasteiger partial charge in [-0.1, -0.05) is 17.2 Å². The van der Waals surface area contributed by atoms with Crippen molar-refractivity contribution in [3.8, 4) is 0 Å². The first-order valence-electron chi connectivity index (χ1n) is 6.00. The first-order chi connectivity index (χ1) is 8.85. The molecule has 0 radical (unpaired) electrons. The molecule has 0 aliphatic heterocycles. The van der Waals surface area contributed by atoms with Crippen LogP contribution in [-0.2, 0) is 9.53 Å². The average molecular weight is 265 g/mol. The summed E-state index contributed by atoms with van der Waals surface area (Å²) in [6, 6.07) is 4.32. The minimum atomic E-state index is -1.07. The van der Waals surface area contributed by atoms with Crippen LogP contribution in [0.2, 0.25) is 0 Å². The molecule has 1 amide bonds. The van der Waals surface area contributed by atoms with E-state index in [-0.39, 0.29) is 0 Å². The van der Waals surface area contributed by atoms with Crippen LogP contribution in [0, 0.1) is 13.8 Å². The van der Waals surface area contributed by atoms with Crippen LogP contribution in [0.4, 0.5) is 0 Å². The number of benzene rings is 1. The third-order valence-electron chi connectivity index (χ3n) is 2.71. The van der Waals surface area contributed by atoms with Crippen molar-refractivity contribution in [2.75, 3.05) is 7.11 Å². The number of hydrogen-bond donors (Lipinski definition) is 2. The van der Waals surface area contributed by atoms with Crippen molar-refractivity contribution in [2.45, 2.75) is 32.9 Å². The Morgan fingerprint density at radius 3 is 2.16 bits per heavy atom. The van der Waals surface area contributed by atoms with Crippen molar-refractivity contribution >= 4 is 11.9 Å². The van der Waals surface area contributed by atoms with Gasteiger partial charge < -0.3 is 15.2 Å². The Bertz CT molecular complexity index is 462. The van der Waals surface area contributed by atoms with Crippen LogP contribution in [0.3, 0.4) is 0 Å². The van der Waals surface area contributed by atoms with Gasteiger partial charge in [-0.2, -0.15) is 0 Å². The number of hydrogen-bond acceptors (Lipinski definition) is 4. The van der Waals surface area contributed by atoms with Gasteiger partial charge in [0.15, 0.2) is 6.04 Å².